The summed E-state index contributed by atoms with van der Waals surface area (Å²) in [7, 11) is 3.27. The smallest absolute Gasteiger partial charge is 0.161 e. The summed E-state index contributed by atoms with van der Waals surface area (Å²) in [6, 6.07) is 10.4. The van der Waals surface area contributed by atoms with Crippen molar-refractivity contribution in [2.45, 2.75) is 38.6 Å². The van der Waals surface area contributed by atoms with Crippen molar-refractivity contribution in [3.05, 3.63) is 36.0 Å². The molecule has 0 atom stereocenters. The van der Waals surface area contributed by atoms with Gasteiger partial charge in [-0.1, -0.05) is 12.8 Å². The van der Waals surface area contributed by atoms with Gasteiger partial charge in [0, 0.05) is 29.4 Å². The van der Waals surface area contributed by atoms with E-state index in [0.29, 0.717) is 17.5 Å². The third kappa shape index (κ3) is 3.07. The maximum absolute atomic E-state index is 5.42. The van der Waals surface area contributed by atoms with Gasteiger partial charge in [0.15, 0.2) is 17.1 Å². The molecule has 1 aromatic carbocycles. The zero-order valence-electron chi connectivity index (χ0n) is 15.5. The Morgan fingerprint density at radius 3 is 2.54 bits per heavy atom. The van der Waals surface area contributed by atoms with Crippen molar-refractivity contribution < 1.29 is 9.47 Å². The monoisotopic (exact) mass is 352 g/mol. The molecule has 0 amide bonds. The molecule has 2 heterocycles. The van der Waals surface area contributed by atoms with Gasteiger partial charge in [0.05, 0.1) is 19.9 Å². The van der Waals surface area contributed by atoms with E-state index in [2.05, 4.69) is 16.4 Å². The van der Waals surface area contributed by atoms with Crippen LogP contribution in [-0.4, -0.2) is 34.9 Å². The molecule has 0 bridgehead atoms. The molecule has 0 spiro atoms. The Hall–Kier alpha value is -2.76. The molecule has 26 heavy (non-hydrogen) atoms. The highest BCUT2D eigenvalue weighted by atomic mass is 16.5. The maximum Gasteiger partial charge on any atom is 0.161 e. The van der Waals surface area contributed by atoms with Crippen LogP contribution in [0.1, 0.15) is 31.4 Å². The lowest BCUT2D eigenvalue weighted by atomic mass is 10.1. The van der Waals surface area contributed by atoms with Gasteiger partial charge in [-0.05, 0) is 38.0 Å². The molecular weight excluding hydrogens is 328 g/mol. The van der Waals surface area contributed by atoms with Crippen LogP contribution in [0, 0.1) is 6.92 Å². The van der Waals surface area contributed by atoms with E-state index in [-0.39, 0.29) is 0 Å². The molecule has 2 aromatic heterocycles. The molecule has 0 aliphatic heterocycles. The van der Waals surface area contributed by atoms with Crippen LogP contribution >= 0.6 is 0 Å². The minimum absolute atomic E-state index is 0.522. The van der Waals surface area contributed by atoms with E-state index in [9.17, 15) is 0 Å². The fourth-order valence-corrected chi connectivity index (χ4v) is 3.62. The van der Waals surface area contributed by atoms with Crippen molar-refractivity contribution in [2.24, 2.45) is 0 Å². The first-order valence-corrected chi connectivity index (χ1v) is 9.04. The predicted molar refractivity (Wildman–Crippen MR) is 102 cm³/mol. The Morgan fingerprint density at radius 1 is 1.04 bits per heavy atom. The largest absolute Gasteiger partial charge is 0.493 e. The Labute approximate surface area is 153 Å². The van der Waals surface area contributed by atoms with Crippen molar-refractivity contribution in [3.63, 3.8) is 0 Å². The number of rotatable bonds is 5. The molecule has 1 aliphatic rings. The van der Waals surface area contributed by atoms with Crippen LogP contribution in [0.2, 0.25) is 0 Å². The highest BCUT2D eigenvalue weighted by Gasteiger charge is 2.17. The molecular formula is C20H24N4O2. The SMILES string of the molecule is COc1ccc(-c2cc3nc(C)cc(NC4CCCC4)n3n2)cc1OC. The number of aromatic nitrogens is 3. The van der Waals surface area contributed by atoms with Crippen LogP contribution < -0.4 is 14.8 Å². The number of nitrogens with one attached hydrogen (secondary N) is 1. The van der Waals surface area contributed by atoms with Crippen LogP contribution in [0.4, 0.5) is 5.82 Å². The van der Waals surface area contributed by atoms with E-state index in [1.54, 1.807) is 14.2 Å². The summed E-state index contributed by atoms with van der Waals surface area (Å²) in [4.78, 5) is 4.64. The van der Waals surface area contributed by atoms with E-state index in [1.807, 2.05) is 35.7 Å². The fraction of sp³-hybridized carbons (Fsp3) is 0.400. The number of benzene rings is 1. The lowest BCUT2D eigenvalue weighted by molar-refractivity contribution is 0.355. The third-order valence-electron chi connectivity index (χ3n) is 4.94. The summed E-state index contributed by atoms with van der Waals surface area (Å²) < 4.78 is 12.6. The summed E-state index contributed by atoms with van der Waals surface area (Å²) in [5.74, 6) is 2.40. The quantitative estimate of drug-likeness (QED) is 0.750. The molecule has 1 saturated carbocycles. The molecule has 0 unspecified atom stereocenters. The average Bonchev–Trinajstić information content (AvgIpc) is 3.30. The summed E-state index contributed by atoms with van der Waals surface area (Å²) in [5, 5.41) is 8.44. The van der Waals surface area contributed by atoms with Crippen LogP contribution in [0.3, 0.4) is 0 Å². The van der Waals surface area contributed by atoms with Gasteiger partial charge >= 0.3 is 0 Å². The Morgan fingerprint density at radius 2 is 1.81 bits per heavy atom. The first-order chi connectivity index (χ1) is 12.7. The first kappa shape index (κ1) is 16.7. The predicted octanol–water partition coefficient (Wildman–Crippen LogP) is 4.08. The minimum atomic E-state index is 0.522. The molecule has 4 rings (SSSR count). The lowest BCUT2D eigenvalue weighted by Gasteiger charge is -2.14. The van der Waals surface area contributed by atoms with E-state index in [0.717, 1.165) is 28.4 Å². The van der Waals surface area contributed by atoms with E-state index in [4.69, 9.17) is 14.6 Å². The number of nitrogens with zero attached hydrogens (tertiary/aromatic N) is 3. The highest BCUT2D eigenvalue weighted by molar-refractivity contribution is 5.68. The van der Waals surface area contributed by atoms with Crippen LogP contribution in [0.25, 0.3) is 16.9 Å². The van der Waals surface area contributed by atoms with Crippen LogP contribution in [0.5, 0.6) is 11.5 Å². The van der Waals surface area contributed by atoms with Gasteiger partial charge in [0.25, 0.3) is 0 Å². The molecule has 6 nitrogen and oxygen atoms in total. The van der Waals surface area contributed by atoms with Crippen molar-refractivity contribution >= 4 is 11.5 Å². The molecule has 1 N–H and O–H groups in total. The second-order valence-corrected chi connectivity index (χ2v) is 6.78. The number of hydrogen-bond acceptors (Lipinski definition) is 5. The fourth-order valence-electron chi connectivity index (χ4n) is 3.62. The molecule has 3 aromatic rings. The van der Waals surface area contributed by atoms with Crippen molar-refractivity contribution in [2.75, 3.05) is 19.5 Å². The van der Waals surface area contributed by atoms with Crippen molar-refractivity contribution in [3.8, 4) is 22.8 Å². The summed E-state index contributed by atoms with van der Waals surface area (Å²) in [6.45, 7) is 2.02. The van der Waals surface area contributed by atoms with Gasteiger partial charge in [-0.2, -0.15) is 9.61 Å². The van der Waals surface area contributed by atoms with Gasteiger partial charge in [0.2, 0.25) is 0 Å². The van der Waals surface area contributed by atoms with E-state index >= 15 is 0 Å². The maximum atomic E-state index is 5.42. The molecule has 136 valence electrons. The summed E-state index contributed by atoms with van der Waals surface area (Å²) in [6.07, 6.45) is 5.01. The van der Waals surface area contributed by atoms with Gasteiger partial charge in [-0.25, -0.2) is 4.98 Å². The van der Waals surface area contributed by atoms with Crippen LogP contribution in [0.15, 0.2) is 30.3 Å². The molecule has 1 aliphatic carbocycles. The number of aryl methyl sites for hydroxylation is 1. The topological polar surface area (TPSA) is 60.7 Å². The summed E-state index contributed by atoms with van der Waals surface area (Å²) in [5.41, 5.74) is 3.66. The molecule has 1 fully saturated rings. The molecule has 6 heteroatoms. The van der Waals surface area contributed by atoms with Crippen LogP contribution in [-0.2, 0) is 0 Å². The third-order valence-corrected chi connectivity index (χ3v) is 4.94. The lowest BCUT2D eigenvalue weighted by Crippen LogP contribution is -2.17. The van der Waals surface area contributed by atoms with E-state index in [1.165, 1.54) is 25.7 Å². The molecule has 0 saturated heterocycles. The summed E-state index contributed by atoms with van der Waals surface area (Å²) >= 11 is 0. The minimum Gasteiger partial charge on any atom is -0.493 e. The van der Waals surface area contributed by atoms with Gasteiger partial charge in [0.1, 0.15) is 5.82 Å². The Balaban J connectivity index is 1.75. The second-order valence-electron chi connectivity index (χ2n) is 6.78. The second kappa shape index (κ2) is 6.86. The van der Waals surface area contributed by atoms with Gasteiger partial charge < -0.3 is 14.8 Å². The Bertz CT molecular complexity index is 929. The zero-order chi connectivity index (χ0) is 18.1. The number of methoxy groups -OCH3 is 2. The normalized spacial score (nSPS) is 14.7. The van der Waals surface area contributed by atoms with E-state index < -0.39 is 0 Å². The van der Waals surface area contributed by atoms with Gasteiger partial charge in [-0.3, -0.25) is 0 Å². The van der Waals surface area contributed by atoms with Crippen molar-refractivity contribution in [1.29, 1.82) is 0 Å². The van der Waals surface area contributed by atoms with Crippen molar-refractivity contribution in [1.82, 2.24) is 14.6 Å². The number of anilines is 1. The number of fused-ring (bicyclic) bond motifs is 1. The number of hydrogen-bond donors (Lipinski definition) is 1. The Kier molecular flexibility index (Phi) is 4.41. The highest BCUT2D eigenvalue weighted by Crippen LogP contribution is 2.32. The molecule has 0 radical (unpaired) electrons. The number of ether oxygens (including phenoxy) is 2. The zero-order valence-corrected chi connectivity index (χ0v) is 15.5. The van der Waals surface area contributed by atoms with Gasteiger partial charge in [-0.15, -0.1) is 0 Å². The standard InChI is InChI=1S/C20H24N4O2/c1-13-10-19(22-15-6-4-5-7-15)24-20(21-13)12-16(23-24)14-8-9-17(25-2)18(11-14)26-3/h8-12,15,22H,4-7H2,1-3H3. The average molecular weight is 352 g/mol. The first-order valence-electron chi connectivity index (χ1n) is 9.04.